The quantitative estimate of drug-likeness (QED) is 0.319. The van der Waals surface area contributed by atoms with Crippen LogP contribution in [-0.2, 0) is 26.1 Å². The van der Waals surface area contributed by atoms with Crippen LogP contribution in [0.3, 0.4) is 0 Å². The Morgan fingerprint density at radius 3 is 2.46 bits per heavy atom. The number of hydrogen-bond donors (Lipinski definition) is 1. The Balaban J connectivity index is 1.70. The Kier molecular flexibility index (Phi) is 7.82. The third kappa shape index (κ3) is 6.10. The van der Waals surface area contributed by atoms with Gasteiger partial charge in [0, 0.05) is 16.3 Å². The van der Waals surface area contributed by atoms with Crippen LogP contribution >= 0.6 is 22.9 Å². The van der Waals surface area contributed by atoms with Crippen molar-refractivity contribution < 1.29 is 22.7 Å². The van der Waals surface area contributed by atoms with Crippen molar-refractivity contribution in [1.29, 1.82) is 0 Å². The van der Waals surface area contributed by atoms with Crippen LogP contribution in [0.2, 0.25) is 5.02 Å². The van der Waals surface area contributed by atoms with Crippen LogP contribution in [0.4, 0.5) is 5.69 Å². The molecule has 37 heavy (non-hydrogen) atoms. The lowest BCUT2D eigenvalue weighted by Gasteiger charge is -2.09. The average Bonchev–Trinajstić information content (AvgIpc) is 3.15. The molecule has 0 aliphatic carbocycles. The van der Waals surface area contributed by atoms with E-state index >= 15 is 0 Å². The molecule has 0 saturated carbocycles. The average molecular weight is 558 g/mol. The molecule has 1 amide bonds. The van der Waals surface area contributed by atoms with E-state index in [2.05, 4.69) is 9.71 Å². The van der Waals surface area contributed by atoms with E-state index in [4.69, 9.17) is 16.3 Å². The van der Waals surface area contributed by atoms with Crippen LogP contribution in [0, 0.1) is 13.8 Å². The van der Waals surface area contributed by atoms with Crippen LogP contribution in [0.5, 0.6) is 0 Å². The molecule has 8 nitrogen and oxygen atoms in total. The number of rotatable bonds is 7. The molecule has 0 spiro atoms. The number of nitrogens with one attached hydrogen (secondary N) is 1. The van der Waals surface area contributed by atoms with Crippen molar-refractivity contribution in [3.63, 3.8) is 0 Å². The normalized spacial score (nSPS) is 12.1. The lowest BCUT2D eigenvalue weighted by atomic mass is 10.1. The second kappa shape index (κ2) is 10.9. The molecular weight excluding hydrogens is 534 g/mol. The van der Waals surface area contributed by atoms with Gasteiger partial charge in [-0.3, -0.25) is 14.3 Å². The summed E-state index contributed by atoms with van der Waals surface area (Å²) in [6.45, 7) is 5.83. The Bertz CT molecular complexity index is 1670. The number of fused-ring (bicyclic) bond motifs is 1. The van der Waals surface area contributed by atoms with Gasteiger partial charge in [0.05, 0.1) is 21.7 Å². The molecule has 0 saturated heterocycles. The molecule has 0 aliphatic rings. The van der Waals surface area contributed by atoms with Crippen LogP contribution in [0.15, 0.2) is 70.6 Å². The zero-order chi connectivity index (χ0) is 26.7. The highest BCUT2D eigenvalue weighted by Gasteiger charge is 2.17. The smallest absolute Gasteiger partial charge is 0.326 e. The number of thiazole rings is 1. The summed E-state index contributed by atoms with van der Waals surface area (Å²) in [5, 5.41) is 0.417. The molecule has 4 rings (SSSR count). The number of carbonyl (C=O) groups is 2. The Labute approximate surface area is 223 Å². The van der Waals surface area contributed by atoms with Gasteiger partial charge in [-0.25, -0.2) is 8.42 Å². The molecule has 0 radical (unpaired) electrons. The fourth-order valence-corrected chi connectivity index (χ4v) is 5.87. The summed E-state index contributed by atoms with van der Waals surface area (Å²) < 4.78 is 35.6. The van der Waals surface area contributed by atoms with Gasteiger partial charge < -0.3 is 9.30 Å². The summed E-state index contributed by atoms with van der Waals surface area (Å²) in [6, 6.07) is 15.7. The summed E-state index contributed by atoms with van der Waals surface area (Å²) in [7, 11) is -3.89. The predicted octanol–water partition coefficient (Wildman–Crippen LogP) is 5.08. The Morgan fingerprint density at radius 2 is 1.76 bits per heavy atom. The maximum absolute atomic E-state index is 13.1. The number of aromatic nitrogens is 1. The second-order valence-corrected chi connectivity index (χ2v) is 11.4. The van der Waals surface area contributed by atoms with E-state index in [-0.39, 0.29) is 29.3 Å². The minimum Gasteiger partial charge on any atom is -0.465 e. The zero-order valence-electron chi connectivity index (χ0n) is 20.3. The molecule has 192 valence electrons. The van der Waals surface area contributed by atoms with Gasteiger partial charge in [0.1, 0.15) is 6.54 Å². The van der Waals surface area contributed by atoms with Crippen LogP contribution in [-0.4, -0.2) is 31.5 Å². The number of carbonyl (C=O) groups excluding carboxylic acids is 2. The third-order valence-electron chi connectivity index (χ3n) is 5.57. The van der Waals surface area contributed by atoms with Crippen molar-refractivity contribution in [2.24, 2.45) is 4.99 Å². The maximum Gasteiger partial charge on any atom is 0.326 e. The maximum atomic E-state index is 13.1. The summed E-state index contributed by atoms with van der Waals surface area (Å²) in [6.07, 6.45) is 0. The first kappa shape index (κ1) is 26.6. The number of ether oxygens (including phenoxy) is 1. The van der Waals surface area contributed by atoms with Crippen molar-refractivity contribution in [3.05, 3.63) is 87.2 Å². The number of sulfonamides is 1. The van der Waals surface area contributed by atoms with Crippen molar-refractivity contribution in [3.8, 4) is 0 Å². The lowest BCUT2D eigenvalue weighted by molar-refractivity contribution is -0.143. The first-order valence-electron chi connectivity index (χ1n) is 11.3. The molecular formula is C26H24ClN3O5S2. The Hall–Kier alpha value is -3.47. The van der Waals surface area contributed by atoms with Gasteiger partial charge in [-0.1, -0.05) is 29.0 Å². The summed E-state index contributed by atoms with van der Waals surface area (Å²) in [5.41, 5.74) is 3.29. The van der Waals surface area contributed by atoms with Gasteiger partial charge in [-0.05, 0) is 86.5 Å². The SMILES string of the molecule is CCOC(=O)Cn1c(=NC(=O)c2cccc(NS(=O)(=O)c3ccc(Cl)cc3)c2)sc2cc(C)c(C)cc21. The number of halogens is 1. The fraction of sp³-hybridized carbons (Fsp3) is 0.192. The molecule has 0 bridgehead atoms. The molecule has 0 unspecified atom stereocenters. The first-order chi connectivity index (χ1) is 17.6. The van der Waals surface area contributed by atoms with Gasteiger partial charge in [-0.2, -0.15) is 4.99 Å². The van der Waals surface area contributed by atoms with Gasteiger partial charge >= 0.3 is 5.97 Å². The number of esters is 1. The molecule has 0 fully saturated rings. The number of amides is 1. The van der Waals surface area contributed by atoms with E-state index in [0.29, 0.717) is 9.82 Å². The summed E-state index contributed by atoms with van der Waals surface area (Å²) >= 11 is 7.14. The molecule has 11 heteroatoms. The molecule has 3 aromatic carbocycles. The molecule has 0 aliphatic heterocycles. The summed E-state index contributed by atoms with van der Waals surface area (Å²) in [4.78, 5) is 30.1. The number of hydrogen-bond acceptors (Lipinski definition) is 6. The number of aryl methyl sites for hydroxylation is 2. The lowest BCUT2D eigenvalue weighted by Crippen LogP contribution is -2.23. The highest BCUT2D eigenvalue weighted by molar-refractivity contribution is 7.92. The van der Waals surface area contributed by atoms with Gasteiger partial charge in [0.2, 0.25) is 0 Å². The predicted molar refractivity (Wildman–Crippen MR) is 145 cm³/mol. The van der Waals surface area contributed by atoms with E-state index in [9.17, 15) is 18.0 Å². The molecule has 1 heterocycles. The largest absolute Gasteiger partial charge is 0.465 e. The third-order valence-corrected chi connectivity index (χ3v) is 8.26. The molecule has 1 N–H and O–H groups in total. The molecule has 1 aromatic heterocycles. The van der Waals surface area contributed by atoms with Crippen LogP contribution in [0.1, 0.15) is 28.4 Å². The van der Waals surface area contributed by atoms with Crippen LogP contribution in [0.25, 0.3) is 10.2 Å². The standard InChI is InChI=1S/C26H24ClN3O5S2/c1-4-35-24(31)15-30-22-12-16(2)17(3)13-23(22)36-26(30)28-25(32)18-6-5-7-20(14-18)29-37(33,34)21-10-8-19(27)9-11-21/h5-14,29H,4,15H2,1-3H3. The number of anilines is 1. The monoisotopic (exact) mass is 557 g/mol. The Morgan fingerprint density at radius 1 is 1.05 bits per heavy atom. The van der Waals surface area contributed by atoms with Crippen molar-refractivity contribution in [2.75, 3.05) is 11.3 Å². The minimum absolute atomic E-state index is 0.0363. The number of benzene rings is 3. The van der Waals surface area contributed by atoms with Gasteiger partial charge in [-0.15, -0.1) is 0 Å². The van der Waals surface area contributed by atoms with Gasteiger partial charge in [0.25, 0.3) is 15.9 Å². The van der Waals surface area contributed by atoms with Crippen molar-refractivity contribution in [2.45, 2.75) is 32.2 Å². The number of nitrogens with zero attached hydrogens (tertiary/aromatic N) is 2. The molecule has 4 aromatic rings. The van der Waals surface area contributed by atoms with E-state index < -0.39 is 21.9 Å². The second-order valence-electron chi connectivity index (χ2n) is 8.24. The highest BCUT2D eigenvalue weighted by atomic mass is 35.5. The van der Waals surface area contributed by atoms with Crippen molar-refractivity contribution in [1.82, 2.24) is 4.57 Å². The zero-order valence-corrected chi connectivity index (χ0v) is 22.7. The van der Waals surface area contributed by atoms with E-state index in [1.807, 2.05) is 26.0 Å². The first-order valence-corrected chi connectivity index (χ1v) is 14.0. The van der Waals surface area contributed by atoms with Crippen molar-refractivity contribution >= 4 is 60.7 Å². The summed E-state index contributed by atoms with van der Waals surface area (Å²) in [5.74, 6) is -1.02. The highest BCUT2D eigenvalue weighted by Crippen LogP contribution is 2.23. The van der Waals surface area contributed by atoms with Gasteiger partial charge in [0.15, 0.2) is 4.80 Å². The molecule has 0 atom stereocenters. The fourth-order valence-electron chi connectivity index (χ4n) is 3.59. The van der Waals surface area contributed by atoms with E-state index in [0.717, 1.165) is 21.3 Å². The van der Waals surface area contributed by atoms with Crippen LogP contribution < -0.4 is 9.52 Å². The van der Waals surface area contributed by atoms with E-state index in [1.54, 1.807) is 23.6 Å². The van der Waals surface area contributed by atoms with E-state index in [1.165, 1.54) is 47.7 Å². The minimum atomic E-state index is -3.89. The topological polar surface area (TPSA) is 107 Å².